The largest absolute Gasteiger partial charge is 0.310 e. The van der Waals surface area contributed by atoms with Crippen LogP contribution in [0.4, 0.5) is 34.1 Å². The van der Waals surface area contributed by atoms with Gasteiger partial charge in [-0.1, -0.05) is 243 Å². The molecule has 88 heavy (non-hydrogen) atoms. The Morgan fingerprint density at radius 3 is 0.909 bits per heavy atom. The molecule has 0 aromatic heterocycles. The fraction of sp³-hybridized carbons (Fsp3) is 0.0233. The number of nitrogens with zero attached hydrogens (tertiary/aromatic N) is 2. The molecule has 0 fully saturated rings. The van der Waals surface area contributed by atoms with Gasteiger partial charge < -0.3 is 9.80 Å². The smallest absolute Gasteiger partial charge is 0.0540 e. The van der Waals surface area contributed by atoms with Gasteiger partial charge in [-0.3, -0.25) is 0 Å². The predicted octanol–water partition coefficient (Wildman–Crippen LogP) is 24.5. The van der Waals surface area contributed by atoms with Crippen LogP contribution >= 0.6 is 0 Å². The maximum atomic E-state index is 2.46. The minimum Gasteiger partial charge on any atom is -0.310 e. The number of benzene rings is 16. The van der Waals surface area contributed by atoms with Crippen LogP contribution in [0.25, 0.3) is 120 Å². The SMILES string of the molecule is Cc1cc(-c2ccc(N(c3ccc(-c4cc5ccccc5c5ccccc45)cc3)c3ccccc3-c3ccc4ccccc4c3)c(C)c2)ccc1N(c1ccc(-c2cc3ccccc3c3ccccc23)cc1)c1ccccc1-c1ccc2ccccc2c1. The lowest BCUT2D eigenvalue weighted by Gasteiger charge is -2.30. The average molecular weight is 1120 g/mol. The fourth-order valence-corrected chi connectivity index (χ4v) is 13.7. The van der Waals surface area contributed by atoms with E-state index in [-0.39, 0.29) is 0 Å². The van der Waals surface area contributed by atoms with Crippen molar-refractivity contribution in [2.24, 2.45) is 0 Å². The van der Waals surface area contributed by atoms with Gasteiger partial charge in [0.15, 0.2) is 0 Å². The molecule has 0 atom stereocenters. The number of anilines is 6. The standard InChI is InChI=1S/C86H60N2/c1-57-51-65(43-49-83(57)87(85-33-17-15-27-75(85)69-37-35-59-19-3-5-21-63(59)53-69)71-45-39-61(40-46-71)81-55-67-23-7-9-25-73(67)77-29-11-13-31-79(77)81)66-44-50-84(58(2)52-66)88(86-34-18-16-28-76(86)70-38-36-60-20-4-6-22-64(60)54-70)72-47-41-62(42-48-72)82-56-68-24-8-10-26-74(68)78-30-12-14-32-80(78)82/h3-56H,1-2H3. The van der Waals surface area contributed by atoms with Crippen LogP contribution in [-0.2, 0) is 0 Å². The number of aryl methyl sites for hydroxylation is 2. The van der Waals surface area contributed by atoms with E-state index in [1.807, 2.05) is 0 Å². The lowest BCUT2D eigenvalue weighted by atomic mass is 9.93. The lowest BCUT2D eigenvalue weighted by molar-refractivity contribution is 1.24. The van der Waals surface area contributed by atoms with E-state index in [0.29, 0.717) is 0 Å². The first-order valence-electron chi connectivity index (χ1n) is 30.5. The van der Waals surface area contributed by atoms with Gasteiger partial charge in [0.2, 0.25) is 0 Å². The van der Waals surface area contributed by atoms with Crippen molar-refractivity contribution in [2.45, 2.75) is 13.8 Å². The van der Waals surface area contributed by atoms with Crippen molar-refractivity contribution >= 4 is 98.8 Å². The van der Waals surface area contributed by atoms with Crippen LogP contribution in [0, 0.1) is 13.8 Å². The number of fused-ring (bicyclic) bond motifs is 8. The van der Waals surface area contributed by atoms with Gasteiger partial charge in [0, 0.05) is 33.9 Å². The van der Waals surface area contributed by atoms with Crippen molar-refractivity contribution in [2.75, 3.05) is 9.80 Å². The van der Waals surface area contributed by atoms with Gasteiger partial charge >= 0.3 is 0 Å². The first-order valence-corrected chi connectivity index (χ1v) is 30.5. The van der Waals surface area contributed by atoms with Crippen LogP contribution in [0.2, 0.25) is 0 Å². The monoisotopic (exact) mass is 1120 g/mol. The molecule has 16 aromatic rings. The van der Waals surface area contributed by atoms with Gasteiger partial charge in [-0.2, -0.15) is 0 Å². The van der Waals surface area contributed by atoms with Crippen molar-refractivity contribution in [3.63, 3.8) is 0 Å². The molecule has 16 aromatic carbocycles. The highest BCUT2D eigenvalue weighted by Gasteiger charge is 2.23. The van der Waals surface area contributed by atoms with E-state index in [2.05, 4.69) is 351 Å². The van der Waals surface area contributed by atoms with Gasteiger partial charge in [-0.15, -0.1) is 0 Å². The molecule has 16 rings (SSSR count). The van der Waals surface area contributed by atoms with E-state index in [1.165, 1.54) is 109 Å². The van der Waals surface area contributed by atoms with Gasteiger partial charge in [-0.25, -0.2) is 0 Å². The van der Waals surface area contributed by atoms with E-state index in [1.54, 1.807) is 0 Å². The molecule has 0 aliphatic rings. The number of para-hydroxylation sites is 2. The second-order valence-corrected chi connectivity index (χ2v) is 23.3. The summed E-state index contributed by atoms with van der Waals surface area (Å²) in [6.07, 6.45) is 0. The van der Waals surface area contributed by atoms with Crippen LogP contribution in [-0.4, -0.2) is 0 Å². The van der Waals surface area contributed by atoms with Crippen LogP contribution in [0.5, 0.6) is 0 Å². The molecular formula is C86H60N2. The Kier molecular flexibility index (Phi) is 13.0. The summed E-state index contributed by atoms with van der Waals surface area (Å²) < 4.78 is 0. The molecule has 414 valence electrons. The summed E-state index contributed by atoms with van der Waals surface area (Å²) in [6.45, 7) is 4.52. The Balaban J connectivity index is 0.801. The van der Waals surface area contributed by atoms with Gasteiger partial charge in [0.05, 0.1) is 11.4 Å². The summed E-state index contributed by atoms with van der Waals surface area (Å²) in [6, 6.07) is 121. The molecule has 0 saturated carbocycles. The zero-order valence-corrected chi connectivity index (χ0v) is 49.1. The van der Waals surface area contributed by atoms with E-state index >= 15 is 0 Å². The quantitative estimate of drug-likeness (QED) is 0.119. The normalized spacial score (nSPS) is 11.5. The van der Waals surface area contributed by atoms with Crippen molar-refractivity contribution in [3.05, 3.63) is 339 Å². The van der Waals surface area contributed by atoms with Gasteiger partial charge in [0.1, 0.15) is 0 Å². The molecule has 0 N–H and O–H groups in total. The third-order valence-electron chi connectivity index (χ3n) is 18.0. The summed E-state index contributed by atoms with van der Waals surface area (Å²) in [5, 5.41) is 14.9. The molecular weight excluding hydrogens is 1060 g/mol. The van der Waals surface area contributed by atoms with Gasteiger partial charge in [0.25, 0.3) is 0 Å². The Morgan fingerprint density at radius 1 is 0.182 bits per heavy atom. The Labute approximate surface area is 513 Å². The van der Waals surface area contributed by atoms with E-state index in [4.69, 9.17) is 0 Å². The highest BCUT2D eigenvalue weighted by molar-refractivity contribution is 6.15. The van der Waals surface area contributed by atoms with Crippen LogP contribution in [0.3, 0.4) is 0 Å². The number of rotatable bonds is 11. The van der Waals surface area contributed by atoms with E-state index in [0.717, 1.165) is 56.4 Å². The van der Waals surface area contributed by atoms with Crippen molar-refractivity contribution in [1.29, 1.82) is 0 Å². The maximum Gasteiger partial charge on any atom is 0.0540 e. The third-order valence-corrected chi connectivity index (χ3v) is 18.0. The third kappa shape index (κ3) is 9.31. The minimum atomic E-state index is 1.08. The zero-order chi connectivity index (χ0) is 58.7. The summed E-state index contributed by atoms with van der Waals surface area (Å²) in [5.74, 6) is 0. The highest BCUT2D eigenvalue weighted by atomic mass is 15.2. The van der Waals surface area contributed by atoms with Crippen LogP contribution in [0.15, 0.2) is 328 Å². The van der Waals surface area contributed by atoms with Crippen molar-refractivity contribution in [1.82, 2.24) is 0 Å². The Bertz CT molecular complexity index is 5030. The molecule has 0 radical (unpaired) electrons. The summed E-state index contributed by atoms with van der Waals surface area (Å²) >= 11 is 0. The zero-order valence-electron chi connectivity index (χ0n) is 49.1. The number of hydrogen-bond donors (Lipinski definition) is 0. The fourth-order valence-electron chi connectivity index (χ4n) is 13.7. The first-order chi connectivity index (χ1) is 43.5. The molecule has 0 heterocycles. The van der Waals surface area contributed by atoms with Crippen molar-refractivity contribution in [3.8, 4) is 55.6 Å². The molecule has 0 spiro atoms. The Hall–Kier alpha value is -11.3. The second kappa shape index (κ2) is 21.9. The highest BCUT2D eigenvalue weighted by Crippen LogP contribution is 2.48. The molecule has 0 unspecified atom stereocenters. The molecule has 0 amide bonds. The predicted molar refractivity (Wildman–Crippen MR) is 377 cm³/mol. The first kappa shape index (κ1) is 52.3. The van der Waals surface area contributed by atoms with E-state index in [9.17, 15) is 0 Å². The molecule has 0 aliphatic heterocycles. The molecule has 0 bridgehead atoms. The Morgan fingerprint density at radius 2 is 0.500 bits per heavy atom. The number of hydrogen-bond acceptors (Lipinski definition) is 2. The van der Waals surface area contributed by atoms with Gasteiger partial charge in [-0.05, 0) is 219 Å². The minimum absolute atomic E-state index is 1.08. The summed E-state index contributed by atoms with van der Waals surface area (Å²) in [4.78, 5) is 4.91. The van der Waals surface area contributed by atoms with Crippen LogP contribution in [0.1, 0.15) is 11.1 Å². The summed E-state index contributed by atoms with van der Waals surface area (Å²) in [7, 11) is 0. The lowest BCUT2D eigenvalue weighted by Crippen LogP contribution is -2.13. The molecule has 0 aliphatic carbocycles. The molecule has 2 nitrogen and oxygen atoms in total. The maximum absolute atomic E-state index is 2.46. The molecule has 0 saturated heterocycles. The van der Waals surface area contributed by atoms with Crippen LogP contribution < -0.4 is 9.80 Å². The van der Waals surface area contributed by atoms with E-state index < -0.39 is 0 Å². The van der Waals surface area contributed by atoms with Crippen molar-refractivity contribution < 1.29 is 0 Å². The second-order valence-electron chi connectivity index (χ2n) is 23.3. The molecule has 2 heteroatoms. The topological polar surface area (TPSA) is 6.48 Å². The summed E-state index contributed by atoms with van der Waals surface area (Å²) in [5.41, 5.74) is 20.8. The average Bonchev–Trinajstić information content (AvgIpc) is 2.20.